The number of aryl methyl sites for hydroxylation is 1. The molecule has 6 nitrogen and oxygen atoms in total. The predicted molar refractivity (Wildman–Crippen MR) is 109 cm³/mol. The van der Waals surface area contributed by atoms with Gasteiger partial charge in [0, 0.05) is 31.3 Å². The molecule has 3 heterocycles. The Balaban J connectivity index is 1.13. The molecule has 1 aromatic carbocycles. The van der Waals surface area contributed by atoms with E-state index in [-0.39, 0.29) is 0 Å². The normalized spacial score (nSPS) is 23.9. The van der Waals surface area contributed by atoms with Crippen LogP contribution in [0.15, 0.2) is 46.3 Å². The second-order valence-electron chi connectivity index (χ2n) is 7.99. The van der Waals surface area contributed by atoms with Gasteiger partial charge in [-0.2, -0.15) is 0 Å². The van der Waals surface area contributed by atoms with Gasteiger partial charge >= 0.3 is 0 Å². The molecule has 146 valence electrons. The number of aromatic nitrogens is 4. The molecule has 1 saturated carbocycles. The summed E-state index contributed by atoms with van der Waals surface area (Å²) in [7, 11) is 1.98. The zero-order valence-corrected chi connectivity index (χ0v) is 17.2. The van der Waals surface area contributed by atoms with Crippen LogP contribution in [0.25, 0.3) is 11.6 Å². The summed E-state index contributed by atoms with van der Waals surface area (Å²) < 4.78 is 7.44. The largest absolute Gasteiger partial charge is 0.440 e. The van der Waals surface area contributed by atoms with Gasteiger partial charge in [0.1, 0.15) is 0 Å². The summed E-state index contributed by atoms with van der Waals surface area (Å²) in [4.78, 5) is 6.78. The van der Waals surface area contributed by atoms with Crippen LogP contribution in [0.2, 0.25) is 0 Å². The average Bonchev–Trinajstić information content (AvgIpc) is 3.02. The Morgan fingerprint density at radius 3 is 2.89 bits per heavy atom. The quantitative estimate of drug-likeness (QED) is 0.450. The summed E-state index contributed by atoms with van der Waals surface area (Å²) in [6.45, 7) is 5.54. The molecule has 0 spiro atoms. The van der Waals surface area contributed by atoms with Crippen molar-refractivity contribution >= 4 is 11.8 Å². The number of rotatable bonds is 7. The van der Waals surface area contributed by atoms with E-state index in [1.54, 1.807) is 11.8 Å². The van der Waals surface area contributed by atoms with E-state index in [2.05, 4.69) is 50.4 Å². The summed E-state index contributed by atoms with van der Waals surface area (Å²) in [5.74, 6) is 3.33. The van der Waals surface area contributed by atoms with Crippen LogP contribution in [0, 0.1) is 12.8 Å². The van der Waals surface area contributed by atoms with E-state index < -0.39 is 0 Å². The summed E-state index contributed by atoms with van der Waals surface area (Å²) in [5, 5.41) is 9.53. The van der Waals surface area contributed by atoms with Crippen LogP contribution in [0.5, 0.6) is 0 Å². The molecule has 0 unspecified atom stereocenters. The van der Waals surface area contributed by atoms with Crippen molar-refractivity contribution in [2.75, 3.05) is 25.4 Å². The van der Waals surface area contributed by atoms with Crippen molar-refractivity contribution in [2.24, 2.45) is 13.0 Å². The topological polar surface area (TPSA) is 60.0 Å². The van der Waals surface area contributed by atoms with Crippen molar-refractivity contribution in [3.8, 4) is 11.6 Å². The zero-order valence-electron chi connectivity index (χ0n) is 16.3. The maximum Gasteiger partial charge on any atom is 0.202 e. The number of nitrogens with zero attached hydrogens (tertiary/aromatic N) is 5. The first kappa shape index (κ1) is 17.9. The van der Waals surface area contributed by atoms with Gasteiger partial charge in [0.15, 0.2) is 17.3 Å². The Labute approximate surface area is 169 Å². The van der Waals surface area contributed by atoms with E-state index in [0.717, 1.165) is 41.3 Å². The van der Waals surface area contributed by atoms with Crippen LogP contribution < -0.4 is 0 Å². The minimum atomic E-state index is 0.446. The summed E-state index contributed by atoms with van der Waals surface area (Å²) >= 11 is 1.76. The highest BCUT2D eigenvalue weighted by Gasteiger charge is 2.60. The smallest absolute Gasteiger partial charge is 0.202 e. The first-order valence-corrected chi connectivity index (χ1v) is 10.9. The molecular formula is C21H25N5OS. The van der Waals surface area contributed by atoms with Crippen LogP contribution >= 0.6 is 11.8 Å². The molecule has 7 heteroatoms. The Hall–Kier alpha value is -2.12. The van der Waals surface area contributed by atoms with Crippen LogP contribution in [0.1, 0.15) is 24.1 Å². The van der Waals surface area contributed by atoms with Gasteiger partial charge in [0.25, 0.3) is 0 Å². The van der Waals surface area contributed by atoms with Gasteiger partial charge in [-0.05, 0) is 37.8 Å². The monoisotopic (exact) mass is 395 g/mol. The lowest BCUT2D eigenvalue weighted by molar-refractivity contribution is 0.299. The highest BCUT2D eigenvalue weighted by Crippen LogP contribution is 2.58. The van der Waals surface area contributed by atoms with Gasteiger partial charge in [-0.3, -0.25) is 0 Å². The van der Waals surface area contributed by atoms with Crippen molar-refractivity contribution in [1.82, 2.24) is 24.6 Å². The number of fused-ring (bicyclic) bond motifs is 1. The number of thioether (sulfide) groups is 1. The summed E-state index contributed by atoms with van der Waals surface area (Å²) in [6, 6.07) is 11.1. The van der Waals surface area contributed by atoms with Crippen LogP contribution in [0.3, 0.4) is 0 Å². The summed E-state index contributed by atoms with van der Waals surface area (Å²) in [6.07, 6.45) is 3.98. The number of likely N-dealkylation sites (tertiary alicyclic amines) is 1. The van der Waals surface area contributed by atoms with Crippen LogP contribution in [0.4, 0.5) is 0 Å². The molecule has 1 aliphatic heterocycles. The van der Waals surface area contributed by atoms with E-state index in [1.165, 1.54) is 31.5 Å². The standard InChI is InChI=1S/C21H25N5OS/c1-15-18(27-14-22-15)19-23-24-20(25(19)2)28-10-6-9-26-12-17-11-21(17,13-26)16-7-4-3-5-8-16/h3-5,7-8,14,17H,6,9-13H2,1-2H3/t17-,21+/m1/s1. The lowest BCUT2D eigenvalue weighted by Crippen LogP contribution is -2.27. The molecule has 2 fully saturated rings. The third-order valence-corrected chi connectivity index (χ3v) is 7.30. The van der Waals surface area contributed by atoms with E-state index in [0.29, 0.717) is 11.2 Å². The predicted octanol–water partition coefficient (Wildman–Crippen LogP) is 3.53. The van der Waals surface area contributed by atoms with Crippen LogP contribution in [-0.4, -0.2) is 50.0 Å². The number of piperidine rings is 1. The average molecular weight is 396 g/mol. The Morgan fingerprint density at radius 1 is 1.25 bits per heavy atom. The first-order chi connectivity index (χ1) is 13.7. The van der Waals surface area contributed by atoms with E-state index in [1.807, 2.05) is 18.5 Å². The number of hydrogen-bond donors (Lipinski definition) is 0. The number of hydrogen-bond acceptors (Lipinski definition) is 6. The first-order valence-electron chi connectivity index (χ1n) is 9.88. The second kappa shape index (κ2) is 7.04. The zero-order chi connectivity index (χ0) is 19.1. The molecule has 0 bridgehead atoms. The molecule has 5 rings (SSSR count). The molecule has 1 aliphatic carbocycles. The molecule has 2 atom stereocenters. The molecule has 3 aromatic rings. The van der Waals surface area contributed by atoms with E-state index in [4.69, 9.17) is 4.42 Å². The Morgan fingerprint density at radius 2 is 2.11 bits per heavy atom. The van der Waals surface area contributed by atoms with Crippen LogP contribution in [-0.2, 0) is 12.5 Å². The van der Waals surface area contributed by atoms with Gasteiger partial charge in [-0.15, -0.1) is 10.2 Å². The maximum atomic E-state index is 5.45. The molecule has 2 aliphatic rings. The fourth-order valence-electron chi connectivity index (χ4n) is 4.58. The molecule has 28 heavy (non-hydrogen) atoms. The van der Waals surface area contributed by atoms with Gasteiger partial charge < -0.3 is 13.9 Å². The van der Waals surface area contributed by atoms with Crippen molar-refractivity contribution in [3.63, 3.8) is 0 Å². The highest BCUT2D eigenvalue weighted by atomic mass is 32.2. The minimum absolute atomic E-state index is 0.446. The summed E-state index contributed by atoms with van der Waals surface area (Å²) in [5.41, 5.74) is 2.82. The van der Waals surface area contributed by atoms with Gasteiger partial charge in [0.2, 0.25) is 5.82 Å². The lowest BCUT2D eigenvalue weighted by atomic mass is 9.95. The molecular weight excluding hydrogens is 370 g/mol. The van der Waals surface area contributed by atoms with Crippen molar-refractivity contribution in [2.45, 2.75) is 30.3 Å². The maximum absolute atomic E-state index is 5.45. The number of benzene rings is 1. The Kier molecular flexibility index (Phi) is 4.51. The van der Waals surface area contributed by atoms with Crippen molar-refractivity contribution < 1.29 is 4.42 Å². The highest BCUT2D eigenvalue weighted by molar-refractivity contribution is 7.99. The fraction of sp³-hybridized carbons (Fsp3) is 0.476. The van der Waals surface area contributed by atoms with Crippen molar-refractivity contribution in [3.05, 3.63) is 48.0 Å². The molecule has 0 radical (unpaired) electrons. The SMILES string of the molecule is Cc1ncoc1-c1nnc(SCCCN2C[C@H]3C[C@@]3(c3ccccc3)C2)n1C. The van der Waals surface area contributed by atoms with Gasteiger partial charge in [-0.25, -0.2) is 4.98 Å². The third-order valence-electron chi connectivity index (χ3n) is 6.20. The van der Waals surface area contributed by atoms with Gasteiger partial charge in [0.05, 0.1) is 5.69 Å². The third kappa shape index (κ3) is 3.06. The molecule has 2 aromatic heterocycles. The van der Waals surface area contributed by atoms with E-state index >= 15 is 0 Å². The van der Waals surface area contributed by atoms with Gasteiger partial charge in [-0.1, -0.05) is 42.1 Å². The minimum Gasteiger partial charge on any atom is -0.440 e. The molecule has 0 amide bonds. The van der Waals surface area contributed by atoms with E-state index in [9.17, 15) is 0 Å². The Bertz CT molecular complexity index is 968. The molecule has 0 N–H and O–H groups in total. The number of oxazole rings is 1. The van der Waals surface area contributed by atoms with Crippen molar-refractivity contribution in [1.29, 1.82) is 0 Å². The second-order valence-corrected chi connectivity index (χ2v) is 9.05. The molecule has 1 saturated heterocycles. The lowest BCUT2D eigenvalue weighted by Gasteiger charge is -2.20. The fourth-order valence-corrected chi connectivity index (χ4v) is 5.42.